The summed E-state index contributed by atoms with van der Waals surface area (Å²) < 4.78 is 33.3. The normalized spacial score (nSPS) is 17.5. The van der Waals surface area contributed by atoms with Gasteiger partial charge in [0.15, 0.2) is 16.4 Å². The van der Waals surface area contributed by atoms with E-state index in [-0.39, 0.29) is 21.6 Å². The number of ether oxygens (including phenoxy) is 2. The molecule has 7 nitrogen and oxygen atoms in total. The third-order valence-corrected chi connectivity index (χ3v) is 4.91. The molecule has 1 aromatic carbocycles. The number of halogens is 1. The van der Waals surface area contributed by atoms with E-state index in [1.54, 1.807) is 0 Å². The maximum absolute atomic E-state index is 12.0. The quantitative estimate of drug-likeness (QED) is 0.750. The van der Waals surface area contributed by atoms with Gasteiger partial charge in [-0.1, -0.05) is 11.6 Å². The van der Waals surface area contributed by atoms with E-state index in [1.165, 1.54) is 12.1 Å². The van der Waals surface area contributed by atoms with E-state index in [2.05, 4.69) is 5.32 Å². The van der Waals surface area contributed by atoms with Crippen molar-refractivity contribution in [2.75, 3.05) is 26.0 Å². The molecule has 0 bridgehead atoms. The average Bonchev–Trinajstić information content (AvgIpc) is 3.03. The minimum Gasteiger partial charge on any atom is -0.452 e. The van der Waals surface area contributed by atoms with Gasteiger partial charge in [0.05, 0.1) is 21.6 Å². The summed E-state index contributed by atoms with van der Waals surface area (Å²) in [6.45, 7) is 0.566. The van der Waals surface area contributed by atoms with Crippen molar-refractivity contribution >= 4 is 33.3 Å². The van der Waals surface area contributed by atoms with Crippen LogP contribution in [0.4, 0.5) is 0 Å². The van der Waals surface area contributed by atoms with Crippen molar-refractivity contribution in [3.63, 3.8) is 0 Å². The summed E-state index contributed by atoms with van der Waals surface area (Å²) >= 11 is 5.89. The van der Waals surface area contributed by atoms with Crippen molar-refractivity contribution < 1.29 is 27.5 Å². The number of rotatable bonds is 6. The van der Waals surface area contributed by atoms with Gasteiger partial charge >= 0.3 is 5.97 Å². The molecule has 1 atom stereocenters. The molecule has 1 saturated heterocycles. The molecule has 1 N–H and O–H groups in total. The molecule has 0 saturated carbocycles. The Morgan fingerprint density at radius 1 is 1.42 bits per heavy atom. The Kier molecular flexibility index (Phi) is 6.20. The Labute approximate surface area is 145 Å². The van der Waals surface area contributed by atoms with Crippen molar-refractivity contribution in [2.24, 2.45) is 0 Å². The van der Waals surface area contributed by atoms with Crippen molar-refractivity contribution in [3.05, 3.63) is 28.8 Å². The summed E-state index contributed by atoms with van der Waals surface area (Å²) in [6.07, 6.45) is 2.85. The van der Waals surface area contributed by atoms with Crippen LogP contribution in [0.3, 0.4) is 0 Å². The fourth-order valence-electron chi connectivity index (χ4n) is 2.18. The molecule has 24 heavy (non-hydrogen) atoms. The number of hydrogen-bond acceptors (Lipinski definition) is 6. The minimum absolute atomic E-state index is 0.00876. The standard InChI is InChI=1S/C15H18ClNO6S/c1-24(20,21)11-4-5-13(16)12(7-11)15(19)23-9-14(18)17-8-10-3-2-6-22-10/h4-5,7,10H,2-3,6,8-9H2,1H3,(H,17,18)/t10-/m0/s1. The van der Waals surface area contributed by atoms with E-state index in [0.717, 1.165) is 25.2 Å². The lowest BCUT2D eigenvalue weighted by atomic mass is 10.2. The highest BCUT2D eigenvalue weighted by Gasteiger charge is 2.19. The maximum atomic E-state index is 12.0. The molecule has 1 amide bonds. The van der Waals surface area contributed by atoms with Gasteiger partial charge in [-0.3, -0.25) is 4.79 Å². The molecule has 132 valence electrons. The van der Waals surface area contributed by atoms with Crippen LogP contribution in [0.15, 0.2) is 23.1 Å². The molecule has 1 aliphatic heterocycles. The maximum Gasteiger partial charge on any atom is 0.340 e. The fourth-order valence-corrected chi connectivity index (χ4v) is 3.03. The SMILES string of the molecule is CS(=O)(=O)c1ccc(Cl)c(C(=O)OCC(=O)NC[C@@H]2CCCO2)c1. The summed E-state index contributed by atoms with van der Waals surface area (Å²) in [5.74, 6) is -1.33. The number of esters is 1. The zero-order valence-electron chi connectivity index (χ0n) is 13.1. The van der Waals surface area contributed by atoms with Crippen molar-refractivity contribution in [1.82, 2.24) is 5.32 Å². The van der Waals surface area contributed by atoms with Gasteiger partial charge in [-0.2, -0.15) is 0 Å². The second-order valence-corrected chi connectivity index (χ2v) is 7.85. The van der Waals surface area contributed by atoms with E-state index in [0.29, 0.717) is 13.2 Å². The zero-order chi connectivity index (χ0) is 17.7. The van der Waals surface area contributed by atoms with Gasteiger partial charge in [-0.05, 0) is 31.0 Å². The molecule has 1 aromatic rings. The molecule has 1 aliphatic rings. The fraction of sp³-hybridized carbons (Fsp3) is 0.467. The molecule has 0 aliphatic carbocycles. The molecule has 9 heteroatoms. The van der Waals surface area contributed by atoms with Crippen LogP contribution in [0.25, 0.3) is 0 Å². The first kappa shape index (κ1) is 18.7. The second-order valence-electron chi connectivity index (χ2n) is 5.43. The summed E-state index contributed by atoms with van der Waals surface area (Å²) in [5, 5.41) is 2.66. The van der Waals surface area contributed by atoms with Crippen LogP contribution in [0.2, 0.25) is 5.02 Å². The molecule has 0 spiro atoms. The third kappa shape index (κ3) is 5.19. The monoisotopic (exact) mass is 375 g/mol. The number of benzene rings is 1. The summed E-state index contributed by atoms with van der Waals surface area (Å²) in [7, 11) is -3.48. The first-order valence-electron chi connectivity index (χ1n) is 7.32. The number of carbonyl (C=O) groups is 2. The van der Waals surface area contributed by atoms with Crippen LogP contribution < -0.4 is 5.32 Å². The number of carbonyl (C=O) groups excluding carboxylic acids is 2. The highest BCUT2D eigenvalue weighted by atomic mass is 35.5. The lowest BCUT2D eigenvalue weighted by Crippen LogP contribution is -2.34. The van der Waals surface area contributed by atoms with E-state index < -0.39 is 28.3 Å². The molecule has 1 heterocycles. The average molecular weight is 376 g/mol. The van der Waals surface area contributed by atoms with Gasteiger partial charge in [0.25, 0.3) is 5.91 Å². The van der Waals surface area contributed by atoms with E-state index in [1.807, 2.05) is 0 Å². The van der Waals surface area contributed by atoms with Crippen molar-refractivity contribution in [2.45, 2.75) is 23.8 Å². The Morgan fingerprint density at radius 3 is 2.79 bits per heavy atom. The second kappa shape index (κ2) is 7.96. The number of hydrogen-bond donors (Lipinski definition) is 1. The Morgan fingerprint density at radius 2 is 2.17 bits per heavy atom. The topological polar surface area (TPSA) is 98.8 Å². The number of amides is 1. The van der Waals surface area contributed by atoms with E-state index >= 15 is 0 Å². The van der Waals surface area contributed by atoms with E-state index in [9.17, 15) is 18.0 Å². The summed E-state index contributed by atoms with van der Waals surface area (Å²) in [5.41, 5.74) is -0.105. The van der Waals surface area contributed by atoms with Crippen LogP contribution in [-0.2, 0) is 24.1 Å². The molecular formula is C15H18ClNO6S. The summed E-state index contributed by atoms with van der Waals surface area (Å²) in [4.78, 5) is 23.6. The highest BCUT2D eigenvalue weighted by Crippen LogP contribution is 2.21. The Bertz CT molecular complexity index is 727. The van der Waals surface area contributed by atoms with Crippen LogP contribution >= 0.6 is 11.6 Å². The predicted molar refractivity (Wildman–Crippen MR) is 86.8 cm³/mol. The first-order valence-corrected chi connectivity index (χ1v) is 9.59. The largest absolute Gasteiger partial charge is 0.452 e. The molecule has 0 radical (unpaired) electrons. The summed E-state index contributed by atoms with van der Waals surface area (Å²) in [6, 6.07) is 3.72. The molecule has 1 fully saturated rings. The van der Waals surface area contributed by atoms with Gasteiger partial charge in [0.1, 0.15) is 0 Å². The van der Waals surface area contributed by atoms with Crippen LogP contribution in [0.5, 0.6) is 0 Å². The van der Waals surface area contributed by atoms with Gasteiger partial charge < -0.3 is 14.8 Å². The van der Waals surface area contributed by atoms with Crippen LogP contribution in [0.1, 0.15) is 23.2 Å². The lowest BCUT2D eigenvalue weighted by Gasteiger charge is -2.11. The molecular weight excluding hydrogens is 358 g/mol. The molecule has 2 rings (SSSR count). The van der Waals surface area contributed by atoms with Crippen molar-refractivity contribution in [1.29, 1.82) is 0 Å². The smallest absolute Gasteiger partial charge is 0.340 e. The van der Waals surface area contributed by atoms with E-state index in [4.69, 9.17) is 21.1 Å². The van der Waals surface area contributed by atoms with Gasteiger partial charge in [-0.15, -0.1) is 0 Å². The Balaban J connectivity index is 1.91. The first-order chi connectivity index (χ1) is 11.3. The number of nitrogens with one attached hydrogen (secondary N) is 1. The number of sulfone groups is 1. The van der Waals surface area contributed by atoms with Crippen LogP contribution in [-0.4, -0.2) is 52.4 Å². The lowest BCUT2D eigenvalue weighted by molar-refractivity contribution is -0.124. The zero-order valence-corrected chi connectivity index (χ0v) is 14.7. The van der Waals surface area contributed by atoms with Gasteiger partial charge in [0, 0.05) is 19.4 Å². The van der Waals surface area contributed by atoms with Gasteiger partial charge in [0.2, 0.25) is 0 Å². The van der Waals surface area contributed by atoms with Gasteiger partial charge in [-0.25, -0.2) is 13.2 Å². The molecule has 0 unspecified atom stereocenters. The van der Waals surface area contributed by atoms with Crippen molar-refractivity contribution in [3.8, 4) is 0 Å². The molecule has 0 aromatic heterocycles. The minimum atomic E-state index is -3.48. The third-order valence-electron chi connectivity index (χ3n) is 3.47. The predicted octanol–water partition coefficient (Wildman–Crippen LogP) is 1.20. The van der Waals surface area contributed by atoms with Crippen LogP contribution in [0, 0.1) is 0 Å². The Hall–Kier alpha value is -1.64. The highest BCUT2D eigenvalue weighted by molar-refractivity contribution is 7.90.